The van der Waals surface area contributed by atoms with Crippen molar-refractivity contribution in [2.24, 2.45) is 11.8 Å². The number of amides is 1. The third kappa shape index (κ3) is 3.06. The van der Waals surface area contributed by atoms with Crippen LogP contribution in [0.3, 0.4) is 0 Å². The predicted octanol–water partition coefficient (Wildman–Crippen LogP) is -1.28. The number of hydrogen-bond donors (Lipinski definition) is 2. The van der Waals surface area contributed by atoms with Crippen LogP contribution in [0, 0.1) is 11.8 Å². The summed E-state index contributed by atoms with van der Waals surface area (Å²) < 4.78 is 22.9. The average molecular weight is 291 g/mol. The molecule has 7 nitrogen and oxygen atoms in total. The van der Waals surface area contributed by atoms with E-state index >= 15 is 0 Å². The summed E-state index contributed by atoms with van der Waals surface area (Å²) in [6, 6.07) is -0.431. The number of carbonyl (C=O) groups is 2. The lowest BCUT2D eigenvalue weighted by atomic mass is 10.2. The largest absolute Gasteiger partial charge is 0.481 e. The van der Waals surface area contributed by atoms with Crippen LogP contribution in [0.1, 0.15) is 12.8 Å². The minimum atomic E-state index is -3.12. The first-order chi connectivity index (χ1) is 8.85. The fourth-order valence-corrected chi connectivity index (χ4v) is 4.29. The van der Waals surface area contributed by atoms with Crippen LogP contribution in [-0.2, 0) is 19.4 Å². The van der Waals surface area contributed by atoms with E-state index in [1.54, 1.807) is 0 Å². The van der Waals surface area contributed by atoms with Gasteiger partial charge in [-0.3, -0.25) is 9.59 Å². The number of nitrogens with zero attached hydrogens (tertiary/aromatic N) is 1. The first-order valence-electron chi connectivity index (χ1n) is 6.20. The summed E-state index contributed by atoms with van der Waals surface area (Å²) in [7, 11) is -3.12. The smallest absolute Gasteiger partial charge is 0.307 e. The zero-order valence-corrected chi connectivity index (χ0v) is 11.2. The lowest BCUT2D eigenvalue weighted by Gasteiger charge is -2.27. The molecule has 2 fully saturated rings. The van der Waals surface area contributed by atoms with Gasteiger partial charge in [-0.05, 0) is 12.8 Å². The fraction of sp³-hybridized carbons (Fsp3) is 0.818. The Balaban J connectivity index is 2.05. The zero-order valence-electron chi connectivity index (χ0n) is 10.4. The van der Waals surface area contributed by atoms with Gasteiger partial charge in [-0.2, -0.15) is 0 Å². The molecule has 8 heteroatoms. The molecule has 0 bridgehead atoms. The van der Waals surface area contributed by atoms with Crippen LogP contribution in [0.4, 0.5) is 0 Å². The highest BCUT2D eigenvalue weighted by atomic mass is 32.2. The van der Waals surface area contributed by atoms with E-state index in [1.165, 1.54) is 4.90 Å². The molecule has 0 spiro atoms. The van der Waals surface area contributed by atoms with Crippen molar-refractivity contribution in [2.45, 2.75) is 18.9 Å². The van der Waals surface area contributed by atoms with E-state index in [2.05, 4.69) is 0 Å². The standard InChI is InChI=1S/C11H17NO6S/c13-3-2-12(7-1-4-19(17,18)6-7)10(14)8-5-9(8)11(15)16/h7-9,13H,1-6H2,(H,15,16)/t7?,8-,9+/m1/s1. The van der Waals surface area contributed by atoms with Gasteiger partial charge < -0.3 is 15.1 Å². The van der Waals surface area contributed by atoms with Crippen LogP contribution in [0.15, 0.2) is 0 Å². The van der Waals surface area contributed by atoms with Crippen LogP contribution in [0.5, 0.6) is 0 Å². The van der Waals surface area contributed by atoms with Crippen LogP contribution in [0.2, 0.25) is 0 Å². The highest BCUT2D eigenvalue weighted by Gasteiger charge is 2.51. The average Bonchev–Trinajstić information content (AvgIpc) is 3.05. The topological polar surface area (TPSA) is 112 Å². The molecule has 2 rings (SSSR count). The SMILES string of the molecule is O=C(O)[C@H]1C[C@H]1C(=O)N(CCO)C1CCS(=O)(=O)C1. The second kappa shape index (κ2) is 5.09. The molecule has 0 radical (unpaired) electrons. The maximum absolute atomic E-state index is 12.2. The van der Waals surface area contributed by atoms with E-state index in [-0.39, 0.29) is 30.6 Å². The third-order valence-electron chi connectivity index (χ3n) is 3.70. The Kier molecular flexibility index (Phi) is 3.82. The van der Waals surface area contributed by atoms with Crippen molar-refractivity contribution < 1.29 is 28.2 Å². The van der Waals surface area contributed by atoms with E-state index in [9.17, 15) is 18.0 Å². The van der Waals surface area contributed by atoms with Gasteiger partial charge in [0.25, 0.3) is 0 Å². The van der Waals surface area contributed by atoms with E-state index < -0.39 is 33.7 Å². The molecule has 0 aromatic carbocycles. The van der Waals surface area contributed by atoms with Crippen LogP contribution >= 0.6 is 0 Å². The van der Waals surface area contributed by atoms with Gasteiger partial charge in [0.2, 0.25) is 5.91 Å². The molecule has 2 N–H and O–H groups in total. The molecule has 19 heavy (non-hydrogen) atoms. The van der Waals surface area contributed by atoms with Gasteiger partial charge in [-0.25, -0.2) is 8.42 Å². The van der Waals surface area contributed by atoms with E-state index in [0.29, 0.717) is 12.8 Å². The molecule has 1 saturated carbocycles. The second-order valence-electron chi connectivity index (χ2n) is 5.10. The molecule has 3 atom stereocenters. The summed E-state index contributed by atoms with van der Waals surface area (Å²) in [6.07, 6.45) is 0.661. The molecule has 1 heterocycles. The maximum Gasteiger partial charge on any atom is 0.307 e. The third-order valence-corrected chi connectivity index (χ3v) is 5.45. The minimum absolute atomic E-state index is 0.0416. The van der Waals surface area contributed by atoms with Crippen molar-refractivity contribution in [1.82, 2.24) is 4.90 Å². The highest BCUT2D eigenvalue weighted by molar-refractivity contribution is 7.91. The number of carboxylic acid groups (broad SMARTS) is 1. The Bertz CT molecular complexity index is 487. The van der Waals surface area contributed by atoms with E-state index in [4.69, 9.17) is 10.2 Å². The van der Waals surface area contributed by atoms with Crippen molar-refractivity contribution >= 4 is 21.7 Å². The van der Waals surface area contributed by atoms with Crippen LogP contribution in [0.25, 0.3) is 0 Å². The van der Waals surface area contributed by atoms with Crippen LogP contribution in [-0.4, -0.2) is 66.1 Å². The monoisotopic (exact) mass is 291 g/mol. The molecular weight excluding hydrogens is 274 g/mol. The van der Waals surface area contributed by atoms with Gasteiger partial charge in [0.1, 0.15) is 0 Å². The number of sulfone groups is 1. The zero-order chi connectivity index (χ0) is 14.2. The summed E-state index contributed by atoms with van der Waals surface area (Å²) >= 11 is 0. The highest BCUT2D eigenvalue weighted by Crippen LogP contribution is 2.40. The number of hydrogen-bond acceptors (Lipinski definition) is 5. The van der Waals surface area contributed by atoms with Crippen molar-refractivity contribution in [3.63, 3.8) is 0 Å². The summed E-state index contributed by atoms with van der Waals surface area (Å²) in [6.45, 7) is -0.200. The molecule has 1 saturated heterocycles. The molecule has 0 aromatic heterocycles. The van der Waals surface area contributed by atoms with Gasteiger partial charge in [0.05, 0.1) is 29.9 Å². The van der Waals surface area contributed by atoms with Gasteiger partial charge >= 0.3 is 5.97 Å². The maximum atomic E-state index is 12.2. The molecule has 1 aliphatic carbocycles. The molecule has 1 amide bonds. The van der Waals surface area contributed by atoms with Crippen molar-refractivity contribution in [3.8, 4) is 0 Å². The summed E-state index contributed by atoms with van der Waals surface area (Å²) in [5, 5.41) is 17.8. The molecular formula is C11H17NO6S. The minimum Gasteiger partial charge on any atom is -0.481 e. The van der Waals surface area contributed by atoms with Crippen molar-refractivity contribution in [2.75, 3.05) is 24.7 Å². The van der Waals surface area contributed by atoms with Gasteiger partial charge in [-0.1, -0.05) is 0 Å². The number of aliphatic carboxylic acids is 1. The number of carbonyl (C=O) groups excluding carboxylic acids is 1. The normalized spacial score (nSPS) is 31.9. The quantitative estimate of drug-likeness (QED) is 0.652. The van der Waals surface area contributed by atoms with Gasteiger partial charge in [0, 0.05) is 12.6 Å². The Hall–Kier alpha value is -1.15. The lowest BCUT2D eigenvalue weighted by molar-refractivity contribution is -0.142. The first kappa shape index (κ1) is 14.3. The van der Waals surface area contributed by atoms with E-state index in [1.807, 2.05) is 0 Å². The Labute approximate surface area is 111 Å². The number of rotatable bonds is 5. The molecule has 1 unspecified atom stereocenters. The van der Waals surface area contributed by atoms with Crippen LogP contribution < -0.4 is 0 Å². The second-order valence-corrected chi connectivity index (χ2v) is 7.33. The van der Waals surface area contributed by atoms with Crippen molar-refractivity contribution in [3.05, 3.63) is 0 Å². The van der Waals surface area contributed by atoms with Crippen molar-refractivity contribution in [1.29, 1.82) is 0 Å². The first-order valence-corrected chi connectivity index (χ1v) is 8.02. The fourth-order valence-electron chi connectivity index (χ4n) is 2.56. The number of carboxylic acids is 1. The molecule has 108 valence electrons. The number of aliphatic hydroxyl groups excluding tert-OH is 1. The summed E-state index contributed by atoms with van der Waals surface area (Å²) in [5.41, 5.74) is 0. The Morgan fingerprint density at radius 1 is 1.26 bits per heavy atom. The number of aliphatic hydroxyl groups is 1. The molecule has 2 aliphatic rings. The van der Waals surface area contributed by atoms with Gasteiger partial charge in [-0.15, -0.1) is 0 Å². The summed E-state index contributed by atoms with van der Waals surface area (Å²) in [5.74, 6) is -2.62. The Morgan fingerprint density at radius 2 is 1.95 bits per heavy atom. The van der Waals surface area contributed by atoms with E-state index in [0.717, 1.165) is 0 Å². The van der Waals surface area contributed by atoms with Gasteiger partial charge in [0.15, 0.2) is 9.84 Å². The predicted molar refractivity (Wildman–Crippen MR) is 65.1 cm³/mol. The molecule has 0 aromatic rings. The summed E-state index contributed by atoms with van der Waals surface area (Å²) in [4.78, 5) is 24.3. The Morgan fingerprint density at radius 3 is 2.37 bits per heavy atom. The molecule has 1 aliphatic heterocycles. The lowest BCUT2D eigenvalue weighted by Crippen LogP contribution is -2.44.